The standard InChI is InChI=1S/C16H18N4O2/c1-17-16(22)14-13(9-20(2)19-14)18-15(21)12-8-11(12)10-6-4-3-5-7-10/h3-7,9,11-12H,8H2,1-2H3,(H,17,22)(H,18,21). The molecule has 6 nitrogen and oxygen atoms in total. The Labute approximate surface area is 128 Å². The fraction of sp³-hybridized carbons (Fsp3) is 0.312. The Hall–Kier alpha value is -2.63. The maximum absolute atomic E-state index is 12.4. The largest absolute Gasteiger partial charge is 0.354 e. The van der Waals surface area contributed by atoms with Crippen LogP contribution in [0.15, 0.2) is 36.5 Å². The third-order valence-corrected chi connectivity index (χ3v) is 3.88. The van der Waals surface area contributed by atoms with Crippen molar-refractivity contribution in [3.05, 3.63) is 47.8 Å². The number of anilines is 1. The summed E-state index contributed by atoms with van der Waals surface area (Å²) in [6.07, 6.45) is 2.48. The van der Waals surface area contributed by atoms with Gasteiger partial charge < -0.3 is 10.6 Å². The third kappa shape index (κ3) is 2.72. The molecule has 114 valence electrons. The summed E-state index contributed by atoms with van der Waals surface area (Å²) < 4.78 is 1.52. The van der Waals surface area contributed by atoms with Crippen LogP contribution in [0.3, 0.4) is 0 Å². The van der Waals surface area contributed by atoms with Gasteiger partial charge in [0.1, 0.15) is 0 Å². The van der Waals surface area contributed by atoms with Gasteiger partial charge in [-0.1, -0.05) is 30.3 Å². The molecule has 6 heteroatoms. The van der Waals surface area contributed by atoms with Crippen LogP contribution in [-0.4, -0.2) is 28.6 Å². The molecule has 2 unspecified atom stereocenters. The second-order valence-electron chi connectivity index (χ2n) is 5.49. The van der Waals surface area contributed by atoms with Crippen molar-refractivity contribution < 1.29 is 9.59 Å². The van der Waals surface area contributed by atoms with E-state index in [1.54, 1.807) is 13.2 Å². The van der Waals surface area contributed by atoms with Crippen LogP contribution in [0.5, 0.6) is 0 Å². The number of rotatable bonds is 4. The van der Waals surface area contributed by atoms with Crippen LogP contribution in [0.2, 0.25) is 0 Å². The highest BCUT2D eigenvalue weighted by molar-refractivity contribution is 6.03. The molecule has 3 rings (SSSR count). The average Bonchev–Trinajstić information content (AvgIpc) is 3.25. The van der Waals surface area contributed by atoms with Crippen molar-refractivity contribution in [2.75, 3.05) is 12.4 Å². The van der Waals surface area contributed by atoms with Gasteiger partial charge in [0.25, 0.3) is 5.91 Å². The summed E-state index contributed by atoms with van der Waals surface area (Å²) >= 11 is 0. The van der Waals surface area contributed by atoms with Gasteiger partial charge >= 0.3 is 0 Å². The van der Waals surface area contributed by atoms with Gasteiger partial charge in [-0.2, -0.15) is 5.10 Å². The summed E-state index contributed by atoms with van der Waals surface area (Å²) in [4.78, 5) is 24.1. The van der Waals surface area contributed by atoms with Crippen molar-refractivity contribution in [2.45, 2.75) is 12.3 Å². The van der Waals surface area contributed by atoms with Gasteiger partial charge in [0.05, 0.1) is 5.69 Å². The number of hydrogen-bond acceptors (Lipinski definition) is 3. The van der Waals surface area contributed by atoms with Gasteiger partial charge in [-0.3, -0.25) is 14.3 Å². The van der Waals surface area contributed by atoms with Crippen LogP contribution >= 0.6 is 0 Å². The molecule has 0 radical (unpaired) electrons. The molecule has 0 spiro atoms. The van der Waals surface area contributed by atoms with Crippen molar-refractivity contribution in [1.82, 2.24) is 15.1 Å². The summed E-state index contributed by atoms with van der Waals surface area (Å²) in [6.45, 7) is 0. The molecule has 1 aromatic carbocycles. The van der Waals surface area contributed by atoms with E-state index in [2.05, 4.69) is 15.7 Å². The summed E-state index contributed by atoms with van der Waals surface area (Å²) in [5.41, 5.74) is 1.86. The third-order valence-electron chi connectivity index (χ3n) is 3.88. The fourth-order valence-electron chi connectivity index (χ4n) is 2.64. The number of nitrogens with one attached hydrogen (secondary N) is 2. The van der Waals surface area contributed by atoms with Gasteiger partial charge in [-0.15, -0.1) is 0 Å². The molecule has 22 heavy (non-hydrogen) atoms. The molecule has 1 aromatic heterocycles. The van der Waals surface area contributed by atoms with E-state index in [4.69, 9.17) is 0 Å². The second-order valence-corrected chi connectivity index (χ2v) is 5.49. The van der Waals surface area contributed by atoms with Crippen LogP contribution in [0.4, 0.5) is 5.69 Å². The van der Waals surface area contributed by atoms with Gasteiger partial charge in [0, 0.05) is 26.2 Å². The molecule has 2 aromatic rings. The lowest BCUT2D eigenvalue weighted by molar-refractivity contribution is -0.117. The predicted octanol–water partition coefficient (Wildman–Crippen LogP) is 1.52. The van der Waals surface area contributed by atoms with E-state index in [1.807, 2.05) is 30.3 Å². The van der Waals surface area contributed by atoms with Crippen LogP contribution in [0.1, 0.15) is 28.4 Å². The van der Waals surface area contributed by atoms with Crippen molar-refractivity contribution >= 4 is 17.5 Å². The highest BCUT2D eigenvalue weighted by atomic mass is 16.2. The molecule has 1 heterocycles. The Morgan fingerprint density at radius 2 is 2.00 bits per heavy atom. The maximum atomic E-state index is 12.4. The fourth-order valence-corrected chi connectivity index (χ4v) is 2.64. The number of nitrogens with zero attached hydrogens (tertiary/aromatic N) is 2. The Bertz CT molecular complexity index is 708. The summed E-state index contributed by atoms with van der Waals surface area (Å²) in [6, 6.07) is 10.0. The molecule has 2 atom stereocenters. The van der Waals surface area contributed by atoms with Gasteiger partial charge in [-0.05, 0) is 17.9 Å². The lowest BCUT2D eigenvalue weighted by Crippen LogP contribution is -2.22. The Balaban J connectivity index is 1.70. The number of carbonyl (C=O) groups excluding carboxylic acids is 2. The minimum atomic E-state index is -0.314. The van der Waals surface area contributed by atoms with Crippen molar-refractivity contribution in [3.63, 3.8) is 0 Å². The van der Waals surface area contributed by atoms with E-state index >= 15 is 0 Å². The number of aromatic nitrogens is 2. The van der Waals surface area contributed by atoms with Gasteiger partial charge in [0.2, 0.25) is 5.91 Å². The van der Waals surface area contributed by atoms with Crippen molar-refractivity contribution in [2.24, 2.45) is 13.0 Å². The lowest BCUT2D eigenvalue weighted by atomic mass is 10.1. The van der Waals surface area contributed by atoms with E-state index in [1.165, 1.54) is 17.3 Å². The molecule has 1 aliphatic carbocycles. The highest BCUT2D eigenvalue weighted by Gasteiger charge is 2.44. The van der Waals surface area contributed by atoms with Crippen LogP contribution in [0.25, 0.3) is 0 Å². The topological polar surface area (TPSA) is 76.0 Å². The first kappa shape index (κ1) is 14.3. The zero-order valence-corrected chi connectivity index (χ0v) is 12.5. The van der Waals surface area contributed by atoms with Crippen LogP contribution in [0, 0.1) is 5.92 Å². The molecule has 2 amide bonds. The van der Waals surface area contributed by atoms with E-state index in [9.17, 15) is 9.59 Å². The summed E-state index contributed by atoms with van der Waals surface area (Å²) in [7, 11) is 3.25. The molecule has 1 saturated carbocycles. The van der Waals surface area contributed by atoms with E-state index in [0.717, 1.165) is 6.42 Å². The van der Waals surface area contributed by atoms with Gasteiger partial charge in [-0.25, -0.2) is 0 Å². The molecular weight excluding hydrogens is 280 g/mol. The Kier molecular flexibility index (Phi) is 3.66. The van der Waals surface area contributed by atoms with E-state index in [-0.39, 0.29) is 29.3 Å². The molecule has 2 N–H and O–H groups in total. The molecular formula is C16H18N4O2. The minimum Gasteiger partial charge on any atom is -0.354 e. The van der Waals surface area contributed by atoms with Crippen LogP contribution in [-0.2, 0) is 11.8 Å². The zero-order chi connectivity index (χ0) is 15.7. The maximum Gasteiger partial charge on any atom is 0.273 e. The number of benzene rings is 1. The molecule has 1 aliphatic rings. The highest BCUT2D eigenvalue weighted by Crippen LogP contribution is 2.47. The first-order valence-corrected chi connectivity index (χ1v) is 7.21. The normalized spacial score (nSPS) is 19.5. The molecule has 0 saturated heterocycles. The first-order chi connectivity index (χ1) is 10.6. The monoisotopic (exact) mass is 298 g/mol. The average molecular weight is 298 g/mol. The number of amides is 2. The van der Waals surface area contributed by atoms with Crippen molar-refractivity contribution in [3.8, 4) is 0 Å². The summed E-state index contributed by atoms with van der Waals surface area (Å²) in [5, 5.41) is 9.43. The number of carbonyl (C=O) groups is 2. The van der Waals surface area contributed by atoms with E-state index < -0.39 is 0 Å². The second kappa shape index (κ2) is 5.63. The quantitative estimate of drug-likeness (QED) is 0.898. The zero-order valence-electron chi connectivity index (χ0n) is 12.5. The molecule has 0 aliphatic heterocycles. The predicted molar refractivity (Wildman–Crippen MR) is 82.5 cm³/mol. The lowest BCUT2D eigenvalue weighted by Gasteiger charge is -2.04. The van der Waals surface area contributed by atoms with Crippen LogP contribution < -0.4 is 10.6 Å². The smallest absolute Gasteiger partial charge is 0.273 e. The Morgan fingerprint density at radius 1 is 1.27 bits per heavy atom. The molecule has 0 bridgehead atoms. The Morgan fingerprint density at radius 3 is 2.68 bits per heavy atom. The minimum absolute atomic E-state index is 0.0415. The van der Waals surface area contributed by atoms with Crippen molar-refractivity contribution in [1.29, 1.82) is 0 Å². The van der Waals surface area contributed by atoms with E-state index in [0.29, 0.717) is 5.69 Å². The molecule has 1 fully saturated rings. The summed E-state index contributed by atoms with van der Waals surface area (Å²) in [5.74, 6) is -0.153. The van der Waals surface area contributed by atoms with Gasteiger partial charge in [0.15, 0.2) is 5.69 Å². The first-order valence-electron chi connectivity index (χ1n) is 7.21. The number of hydrogen-bond donors (Lipinski definition) is 2. The SMILES string of the molecule is CNC(=O)c1nn(C)cc1NC(=O)C1CC1c1ccccc1. The number of aryl methyl sites for hydroxylation is 1.